The Hall–Kier alpha value is -2.73. The zero-order valence-corrected chi connectivity index (χ0v) is 17.9. The number of Topliss-reactive ketones (excluding diaryl/α,β-unsaturated/α-hetero) is 2. The molecule has 160 valence electrons. The molecule has 0 spiro atoms. The third-order valence-corrected chi connectivity index (χ3v) is 5.86. The number of allylic oxidation sites excluding steroid dienone is 3. The highest BCUT2D eigenvalue weighted by atomic mass is 16.6. The molecule has 1 aliphatic carbocycles. The first-order valence-electron chi connectivity index (χ1n) is 10.3. The number of aliphatic hydroxyl groups is 1. The Balaban J connectivity index is 2.19. The molecule has 30 heavy (non-hydrogen) atoms. The minimum absolute atomic E-state index is 0.0328. The molecule has 3 rings (SSSR count). The van der Waals surface area contributed by atoms with Crippen LogP contribution < -0.4 is 0 Å². The number of ketones is 2. The van der Waals surface area contributed by atoms with Crippen molar-refractivity contribution in [2.45, 2.75) is 71.0 Å². The monoisotopic (exact) mass is 412 g/mol. The Bertz CT molecular complexity index is 945. The van der Waals surface area contributed by atoms with Gasteiger partial charge in [0, 0.05) is 24.0 Å². The molecule has 1 N–H and O–H groups in total. The van der Waals surface area contributed by atoms with Crippen LogP contribution in [0.3, 0.4) is 0 Å². The van der Waals surface area contributed by atoms with Crippen LogP contribution in [0.25, 0.3) is 0 Å². The number of hydrogen-bond acceptors (Lipinski definition) is 6. The summed E-state index contributed by atoms with van der Waals surface area (Å²) < 4.78 is 11.2. The molecular weight excluding hydrogens is 384 g/mol. The van der Waals surface area contributed by atoms with Crippen molar-refractivity contribution in [3.63, 3.8) is 0 Å². The fourth-order valence-electron chi connectivity index (χ4n) is 4.29. The van der Waals surface area contributed by atoms with E-state index in [-0.39, 0.29) is 30.0 Å². The number of esters is 1. The van der Waals surface area contributed by atoms with E-state index in [1.54, 1.807) is 25.2 Å². The highest BCUT2D eigenvalue weighted by Gasteiger charge is 2.63. The van der Waals surface area contributed by atoms with Crippen molar-refractivity contribution < 1.29 is 29.0 Å². The lowest BCUT2D eigenvalue weighted by molar-refractivity contribution is -0.167. The molecule has 0 saturated heterocycles. The van der Waals surface area contributed by atoms with Crippen LogP contribution in [0.4, 0.5) is 0 Å². The average Bonchev–Trinajstić information content (AvgIpc) is 2.93. The summed E-state index contributed by atoms with van der Waals surface area (Å²) in [5.74, 6) is -0.790. The minimum atomic E-state index is -1.85. The van der Waals surface area contributed by atoms with E-state index in [9.17, 15) is 19.5 Å². The Morgan fingerprint density at radius 1 is 1.23 bits per heavy atom. The molecule has 0 unspecified atom stereocenters. The highest BCUT2D eigenvalue weighted by Crippen LogP contribution is 2.53. The first-order chi connectivity index (χ1) is 14.2. The summed E-state index contributed by atoms with van der Waals surface area (Å²) in [7, 11) is 0. The maximum Gasteiger partial charge on any atom is 0.343 e. The number of carbonyl (C=O) groups excluding carboxylic acids is 3. The molecule has 0 aromatic carbocycles. The molecule has 3 aliphatic rings. The maximum atomic E-state index is 12.9. The van der Waals surface area contributed by atoms with Crippen LogP contribution >= 0.6 is 0 Å². The number of carbonyl (C=O) groups is 3. The molecule has 0 amide bonds. The SMILES string of the molecule is C/C=C/C1=CC2=CC3=C(C(=O)CCCCC)C(=O)O[C@@]3(C)[C@@](O)(CC(C)=O)C2=CO1. The molecule has 0 aromatic heterocycles. The summed E-state index contributed by atoms with van der Waals surface area (Å²) in [5.41, 5.74) is -2.18. The highest BCUT2D eigenvalue weighted by molar-refractivity contribution is 6.20. The van der Waals surface area contributed by atoms with E-state index < -0.39 is 17.2 Å². The van der Waals surface area contributed by atoms with Crippen molar-refractivity contribution in [2.24, 2.45) is 0 Å². The third-order valence-electron chi connectivity index (χ3n) is 5.86. The van der Waals surface area contributed by atoms with Gasteiger partial charge >= 0.3 is 5.97 Å². The summed E-state index contributed by atoms with van der Waals surface area (Å²) in [6.45, 7) is 6.80. The van der Waals surface area contributed by atoms with Gasteiger partial charge in [0.05, 0.1) is 6.26 Å². The van der Waals surface area contributed by atoms with Crippen LogP contribution in [-0.4, -0.2) is 33.8 Å². The van der Waals surface area contributed by atoms with Gasteiger partial charge in [-0.25, -0.2) is 4.79 Å². The predicted molar refractivity (Wildman–Crippen MR) is 111 cm³/mol. The van der Waals surface area contributed by atoms with Gasteiger partial charge in [0.2, 0.25) is 0 Å². The van der Waals surface area contributed by atoms with Crippen molar-refractivity contribution >= 4 is 17.5 Å². The summed E-state index contributed by atoms with van der Waals surface area (Å²) in [5, 5.41) is 11.7. The molecule has 6 nitrogen and oxygen atoms in total. The molecule has 6 heteroatoms. The summed E-state index contributed by atoms with van der Waals surface area (Å²) in [6, 6.07) is 0. The lowest BCUT2D eigenvalue weighted by Crippen LogP contribution is -2.58. The van der Waals surface area contributed by atoms with Gasteiger partial charge in [0.25, 0.3) is 0 Å². The molecule has 2 aliphatic heterocycles. The van der Waals surface area contributed by atoms with E-state index in [4.69, 9.17) is 9.47 Å². The van der Waals surface area contributed by atoms with Crippen LogP contribution in [-0.2, 0) is 23.9 Å². The standard InChI is InChI=1S/C24H28O6/c1-5-7-8-10-20(26)21-18-12-16-11-17(9-6-2)29-14-19(16)24(28,13-15(3)25)23(18,4)30-22(21)27/h6,9,11-12,14,28H,5,7-8,10,13H2,1-4H3/b9-6+/t23-,24-/m1/s1. The molecule has 2 atom stereocenters. The lowest BCUT2D eigenvalue weighted by Gasteiger charge is -2.46. The fourth-order valence-corrected chi connectivity index (χ4v) is 4.29. The Labute approximate surface area is 176 Å². The molecule has 0 saturated carbocycles. The van der Waals surface area contributed by atoms with Crippen molar-refractivity contribution in [3.8, 4) is 0 Å². The van der Waals surface area contributed by atoms with Crippen molar-refractivity contribution in [1.82, 2.24) is 0 Å². The summed E-state index contributed by atoms with van der Waals surface area (Å²) >= 11 is 0. The second kappa shape index (κ2) is 8.19. The Morgan fingerprint density at radius 3 is 2.60 bits per heavy atom. The van der Waals surface area contributed by atoms with Gasteiger partial charge in [0.1, 0.15) is 22.7 Å². The lowest BCUT2D eigenvalue weighted by atomic mass is 9.64. The fraction of sp³-hybridized carbons (Fsp3) is 0.458. The molecule has 0 radical (unpaired) electrons. The first-order valence-corrected chi connectivity index (χ1v) is 10.3. The van der Waals surface area contributed by atoms with Gasteiger partial charge in [-0.3, -0.25) is 9.59 Å². The van der Waals surface area contributed by atoms with Gasteiger partial charge in [-0.1, -0.05) is 25.8 Å². The van der Waals surface area contributed by atoms with E-state index in [1.165, 1.54) is 13.2 Å². The average molecular weight is 412 g/mol. The number of ether oxygens (including phenoxy) is 2. The zero-order chi connectivity index (χ0) is 22.1. The van der Waals surface area contributed by atoms with Crippen LogP contribution in [0, 0.1) is 0 Å². The van der Waals surface area contributed by atoms with Gasteiger partial charge < -0.3 is 14.6 Å². The minimum Gasteiger partial charge on any atom is -0.465 e. The largest absolute Gasteiger partial charge is 0.465 e. The van der Waals surface area contributed by atoms with E-state index in [0.29, 0.717) is 28.9 Å². The molecule has 0 bridgehead atoms. The van der Waals surface area contributed by atoms with Crippen molar-refractivity contribution in [2.75, 3.05) is 0 Å². The van der Waals surface area contributed by atoms with Crippen molar-refractivity contribution in [1.29, 1.82) is 0 Å². The maximum absolute atomic E-state index is 12.9. The molecular formula is C24H28O6. The van der Waals surface area contributed by atoms with Crippen LogP contribution in [0.2, 0.25) is 0 Å². The summed E-state index contributed by atoms with van der Waals surface area (Å²) in [4.78, 5) is 37.7. The van der Waals surface area contributed by atoms with Crippen LogP contribution in [0.15, 0.2) is 58.6 Å². The number of fused-ring (bicyclic) bond motifs is 2. The summed E-state index contributed by atoms with van der Waals surface area (Å²) in [6.07, 6.45) is 10.8. The van der Waals surface area contributed by atoms with Crippen molar-refractivity contribution in [3.05, 3.63) is 58.6 Å². The Morgan fingerprint density at radius 2 is 1.97 bits per heavy atom. The third kappa shape index (κ3) is 3.49. The van der Waals surface area contributed by atoms with Gasteiger partial charge in [-0.15, -0.1) is 0 Å². The Kier molecular flexibility index (Phi) is 5.99. The van der Waals surface area contributed by atoms with E-state index in [2.05, 4.69) is 0 Å². The first kappa shape index (κ1) is 22.0. The molecule has 2 heterocycles. The second-order valence-electron chi connectivity index (χ2n) is 8.13. The molecule has 0 aromatic rings. The number of rotatable bonds is 8. The smallest absolute Gasteiger partial charge is 0.343 e. The quantitative estimate of drug-likeness (QED) is 0.371. The second-order valence-corrected chi connectivity index (χ2v) is 8.13. The topological polar surface area (TPSA) is 89.9 Å². The number of hydrogen-bond donors (Lipinski definition) is 1. The normalized spacial score (nSPS) is 27.6. The zero-order valence-electron chi connectivity index (χ0n) is 17.9. The van der Waals surface area contributed by atoms with Gasteiger partial charge in [0.15, 0.2) is 11.4 Å². The van der Waals surface area contributed by atoms with Crippen LogP contribution in [0.1, 0.15) is 59.8 Å². The van der Waals surface area contributed by atoms with E-state index >= 15 is 0 Å². The predicted octanol–water partition coefficient (Wildman–Crippen LogP) is 3.77. The van der Waals surface area contributed by atoms with Gasteiger partial charge in [-0.05, 0) is 51.0 Å². The van der Waals surface area contributed by atoms with Gasteiger partial charge in [-0.2, -0.15) is 0 Å². The molecule has 0 fully saturated rings. The van der Waals surface area contributed by atoms with E-state index in [1.807, 2.05) is 19.9 Å². The van der Waals surface area contributed by atoms with E-state index in [0.717, 1.165) is 12.8 Å². The number of unbranched alkanes of at least 4 members (excludes halogenated alkanes) is 2. The van der Waals surface area contributed by atoms with Crippen LogP contribution in [0.5, 0.6) is 0 Å².